The first kappa shape index (κ1) is 9.11. The molecule has 1 aromatic carbocycles. The first-order chi connectivity index (χ1) is 5.66. The van der Waals surface area contributed by atoms with Crippen LogP contribution in [0.5, 0.6) is 0 Å². The molecule has 2 N–H and O–H groups in total. The molecular weight excluding hydrogens is 146 g/mol. The summed E-state index contributed by atoms with van der Waals surface area (Å²) in [7, 11) is 0. The Labute approximate surface area is 74.6 Å². The van der Waals surface area contributed by atoms with E-state index in [-0.39, 0.29) is 0 Å². The van der Waals surface area contributed by atoms with Gasteiger partial charge in [0.25, 0.3) is 0 Å². The van der Waals surface area contributed by atoms with Crippen LogP contribution in [0, 0.1) is 13.8 Å². The fourth-order valence-electron chi connectivity index (χ4n) is 1.48. The zero-order valence-corrected chi connectivity index (χ0v) is 8.15. The van der Waals surface area contributed by atoms with Crippen LogP contribution in [0.4, 0.5) is 5.69 Å². The van der Waals surface area contributed by atoms with E-state index in [9.17, 15) is 0 Å². The van der Waals surface area contributed by atoms with Crippen LogP contribution < -0.4 is 5.73 Å². The predicted octanol–water partition coefficient (Wildman–Crippen LogP) is 2.84. The molecule has 12 heavy (non-hydrogen) atoms. The van der Waals surface area contributed by atoms with Gasteiger partial charge in [-0.2, -0.15) is 0 Å². The second-order valence-electron chi connectivity index (χ2n) is 3.33. The Kier molecular flexibility index (Phi) is 2.74. The molecule has 1 heteroatoms. The quantitative estimate of drug-likeness (QED) is 0.666. The number of rotatable bonds is 2. The maximum absolute atomic E-state index is 5.88. The fourth-order valence-corrected chi connectivity index (χ4v) is 1.48. The lowest BCUT2D eigenvalue weighted by atomic mass is 9.98. The Hall–Kier alpha value is -0.980. The van der Waals surface area contributed by atoms with Crippen molar-refractivity contribution in [1.29, 1.82) is 0 Å². The molecule has 0 bridgehead atoms. The molecule has 0 heterocycles. The van der Waals surface area contributed by atoms with Gasteiger partial charge in [-0.3, -0.25) is 0 Å². The molecule has 0 spiro atoms. The van der Waals surface area contributed by atoms with Gasteiger partial charge in [0.15, 0.2) is 0 Å². The smallest absolute Gasteiger partial charge is 0.0349 e. The van der Waals surface area contributed by atoms with Gasteiger partial charge >= 0.3 is 0 Å². The first-order valence-electron chi connectivity index (χ1n) is 4.51. The maximum atomic E-state index is 5.88. The van der Waals surface area contributed by atoms with Crippen LogP contribution in [-0.4, -0.2) is 0 Å². The maximum Gasteiger partial charge on any atom is 0.0349 e. The molecular formula is C11H17N. The Morgan fingerprint density at radius 2 is 1.92 bits per heavy atom. The molecule has 0 saturated heterocycles. The van der Waals surface area contributed by atoms with Gasteiger partial charge in [-0.05, 0) is 43.0 Å². The topological polar surface area (TPSA) is 26.0 Å². The zero-order valence-electron chi connectivity index (χ0n) is 8.15. The van der Waals surface area contributed by atoms with E-state index in [1.165, 1.54) is 16.7 Å². The van der Waals surface area contributed by atoms with Crippen LogP contribution in [0.2, 0.25) is 0 Å². The van der Waals surface area contributed by atoms with Gasteiger partial charge in [-0.25, -0.2) is 0 Å². The highest BCUT2D eigenvalue weighted by molar-refractivity contribution is 5.53. The van der Waals surface area contributed by atoms with Crippen molar-refractivity contribution in [3.63, 3.8) is 0 Å². The molecule has 0 aromatic heterocycles. The second-order valence-corrected chi connectivity index (χ2v) is 3.33. The van der Waals surface area contributed by atoms with Gasteiger partial charge in [-0.15, -0.1) is 0 Å². The summed E-state index contributed by atoms with van der Waals surface area (Å²) in [6, 6.07) is 4.09. The van der Waals surface area contributed by atoms with Crippen LogP contribution in [0.3, 0.4) is 0 Å². The van der Waals surface area contributed by atoms with Crippen molar-refractivity contribution >= 4 is 5.69 Å². The van der Waals surface area contributed by atoms with Gasteiger partial charge in [0, 0.05) is 5.69 Å². The summed E-state index contributed by atoms with van der Waals surface area (Å²) in [5.41, 5.74) is 10.9. The largest absolute Gasteiger partial charge is 0.398 e. The van der Waals surface area contributed by atoms with Crippen molar-refractivity contribution < 1.29 is 0 Å². The number of anilines is 1. The average molecular weight is 163 g/mol. The van der Waals surface area contributed by atoms with Crippen molar-refractivity contribution in [2.75, 3.05) is 5.73 Å². The number of aryl methyl sites for hydroxylation is 1. The summed E-state index contributed by atoms with van der Waals surface area (Å²) in [6.45, 7) is 6.46. The fraction of sp³-hybridized carbons (Fsp3) is 0.455. The Bertz CT molecular complexity index is 277. The summed E-state index contributed by atoms with van der Waals surface area (Å²) in [5.74, 6) is 0. The zero-order chi connectivity index (χ0) is 9.14. The summed E-state index contributed by atoms with van der Waals surface area (Å²) in [6.07, 6.45) is 2.26. The molecule has 0 aliphatic carbocycles. The third-order valence-electron chi connectivity index (χ3n) is 2.41. The van der Waals surface area contributed by atoms with Crippen LogP contribution in [0.25, 0.3) is 0 Å². The molecule has 1 rings (SSSR count). The van der Waals surface area contributed by atoms with E-state index in [1.807, 2.05) is 6.07 Å². The monoisotopic (exact) mass is 163 g/mol. The number of benzene rings is 1. The minimum absolute atomic E-state index is 0.944. The number of hydrogen-bond donors (Lipinski definition) is 1. The first-order valence-corrected chi connectivity index (χ1v) is 4.51. The lowest BCUT2D eigenvalue weighted by molar-refractivity contribution is 0.912. The normalized spacial score (nSPS) is 10.2. The molecule has 66 valence electrons. The minimum Gasteiger partial charge on any atom is -0.398 e. The Balaban J connectivity index is 3.14. The Morgan fingerprint density at radius 3 is 2.50 bits per heavy atom. The Morgan fingerprint density at radius 1 is 1.25 bits per heavy atom. The van der Waals surface area contributed by atoms with Gasteiger partial charge in [0.1, 0.15) is 0 Å². The van der Waals surface area contributed by atoms with Crippen molar-refractivity contribution in [3.05, 3.63) is 28.8 Å². The van der Waals surface area contributed by atoms with Gasteiger partial charge in [0.2, 0.25) is 0 Å². The van der Waals surface area contributed by atoms with Crippen molar-refractivity contribution in [2.24, 2.45) is 0 Å². The van der Waals surface area contributed by atoms with E-state index in [0.717, 1.165) is 18.5 Å². The van der Waals surface area contributed by atoms with E-state index in [1.54, 1.807) is 0 Å². The highest BCUT2D eigenvalue weighted by Gasteiger charge is 2.03. The molecule has 1 aromatic rings. The van der Waals surface area contributed by atoms with Gasteiger partial charge < -0.3 is 5.73 Å². The van der Waals surface area contributed by atoms with Crippen LogP contribution in [-0.2, 0) is 6.42 Å². The molecule has 0 saturated carbocycles. The number of nitrogens with two attached hydrogens (primary N) is 1. The van der Waals surface area contributed by atoms with Crippen LogP contribution in [0.1, 0.15) is 30.0 Å². The summed E-state index contributed by atoms with van der Waals surface area (Å²) in [5, 5.41) is 0. The number of hydrogen-bond acceptors (Lipinski definition) is 1. The highest BCUT2D eigenvalue weighted by Crippen LogP contribution is 2.21. The van der Waals surface area contributed by atoms with Crippen molar-refractivity contribution in [2.45, 2.75) is 33.6 Å². The SMILES string of the molecule is CCCc1c(N)ccc(C)c1C. The molecule has 0 unspecified atom stereocenters. The van der Waals surface area contributed by atoms with Gasteiger partial charge in [0.05, 0.1) is 0 Å². The summed E-state index contributed by atoms with van der Waals surface area (Å²) >= 11 is 0. The van der Waals surface area contributed by atoms with E-state index >= 15 is 0 Å². The average Bonchev–Trinajstić information content (AvgIpc) is 2.06. The molecule has 0 radical (unpaired) electrons. The molecule has 0 aliphatic rings. The lowest BCUT2D eigenvalue weighted by Crippen LogP contribution is -1.98. The minimum atomic E-state index is 0.944. The van der Waals surface area contributed by atoms with E-state index < -0.39 is 0 Å². The predicted molar refractivity (Wildman–Crippen MR) is 54.3 cm³/mol. The summed E-state index contributed by atoms with van der Waals surface area (Å²) < 4.78 is 0. The molecule has 0 atom stereocenters. The van der Waals surface area contributed by atoms with E-state index in [2.05, 4.69) is 26.8 Å². The molecule has 0 aliphatic heterocycles. The van der Waals surface area contributed by atoms with Crippen LogP contribution in [0.15, 0.2) is 12.1 Å². The van der Waals surface area contributed by atoms with Crippen LogP contribution >= 0.6 is 0 Å². The molecule has 0 amide bonds. The van der Waals surface area contributed by atoms with Crippen molar-refractivity contribution in [3.8, 4) is 0 Å². The standard InChI is InChI=1S/C11H17N/c1-4-5-10-9(3)8(2)6-7-11(10)12/h6-7H,4-5,12H2,1-3H3. The molecule has 0 fully saturated rings. The highest BCUT2D eigenvalue weighted by atomic mass is 14.6. The lowest BCUT2D eigenvalue weighted by Gasteiger charge is -2.10. The third-order valence-corrected chi connectivity index (χ3v) is 2.41. The second kappa shape index (κ2) is 3.61. The van der Waals surface area contributed by atoms with E-state index in [4.69, 9.17) is 5.73 Å². The molecule has 1 nitrogen and oxygen atoms in total. The van der Waals surface area contributed by atoms with Gasteiger partial charge in [-0.1, -0.05) is 19.4 Å². The van der Waals surface area contributed by atoms with Crippen molar-refractivity contribution in [1.82, 2.24) is 0 Å². The van der Waals surface area contributed by atoms with E-state index in [0.29, 0.717) is 0 Å². The number of nitrogen functional groups attached to an aromatic ring is 1. The third kappa shape index (κ3) is 1.60. The summed E-state index contributed by atoms with van der Waals surface area (Å²) in [4.78, 5) is 0.